The van der Waals surface area contributed by atoms with Crippen LogP contribution >= 0.6 is 0 Å². The topological polar surface area (TPSA) is 34.9 Å². The Bertz CT molecular complexity index is 447. The van der Waals surface area contributed by atoms with Crippen LogP contribution in [0.25, 0.3) is 5.69 Å². The van der Waals surface area contributed by atoms with Gasteiger partial charge in [0, 0.05) is 18.0 Å². The van der Waals surface area contributed by atoms with Crippen LogP contribution in [0.5, 0.6) is 0 Å². The molecule has 0 fully saturated rings. The third-order valence-electron chi connectivity index (χ3n) is 2.16. The number of carbonyl (C=O) groups excluding carboxylic acids is 1. The van der Waals surface area contributed by atoms with Crippen LogP contribution in [0.4, 0.5) is 0 Å². The second-order valence-electron chi connectivity index (χ2n) is 3.11. The van der Waals surface area contributed by atoms with E-state index in [2.05, 4.69) is 5.10 Å². The summed E-state index contributed by atoms with van der Waals surface area (Å²) >= 11 is 0. The first kappa shape index (κ1) is 12.2. The van der Waals surface area contributed by atoms with Gasteiger partial charge in [0.05, 0.1) is 5.69 Å². The fourth-order valence-corrected chi connectivity index (χ4v) is 1.32. The first-order valence-corrected chi connectivity index (χ1v) is 5.37. The van der Waals surface area contributed by atoms with E-state index >= 15 is 0 Å². The lowest BCUT2D eigenvalue weighted by Gasteiger charge is -2.03. The van der Waals surface area contributed by atoms with Gasteiger partial charge in [-0.05, 0) is 30.7 Å². The van der Waals surface area contributed by atoms with Crippen molar-refractivity contribution in [2.24, 2.45) is 0 Å². The molecule has 2 rings (SSSR count). The van der Waals surface area contributed by atoms with Crippen LogP contribution in [-0.2, 0) is 0 Å². The minimum Gasteiger partial charge on any atom is -0.298 e. The van der Waals surface area contributed by atoms with E-state index in [0.717, 1.165) is 17.5 Å². The molecule has 0 bridgehead atoms. The SMILES string of the molecule is CC.Cc1ccc(-n2cccn2)cc1C=O. The Labute approximate surface area is 95.7 Å². The molecule has 0 N–H and O–H groups in total. The number of carbonyl (C=O) groups is 1. The molecular formula is C13H16N2O. The Morgan fingerprint density at radius 2 is 2.06 bits per heavy atom. The van der Waals surface area contributed by atoms with Gasteiger partial charge in [-0.25, -0.2) is 4.68 Å². The zero-order valence-electron chi connectivity index (χ0n) is 9.84. The summed E-state index contributed by atoms with van der Waals surface area (Å²) in [6, 6.07) is 7.53. The Morgan fingerprint density at radius 3 is 2.62 bits per heavy atom. The van der Waals surface area contributed by atoms with Crippen molar-refractivity contribution in [1.29, 1.82) is 0 Å². The molecule has 0 amide bonds. The van der Waals surface area contributed by atoms with Crippen molar-refractivity contribution in [3.63, 3.8) is 0 Å². The first-order chi connectivity index (χ1) is 7.81. The van der Waals surface area contributed by atoms with Crippen molar-refractivity contribution in [3.05, 3.63) is 47.8 Å². The Kier molecular flexibility index (Phi) is 4.45. The maximum atomic E-state index is 10.7. The van der Waals surface area contributed by atoms with E-state index in [-0.39, 0.29) is 0 Å². The summed E-state index contributed by atoms with van der Waals surface area (Å²) in [7, 11) is 0. The molecule has 16 heavy (non-hydrogen) atoms. The minimum atomic E-state index is 0.706. The third kappa shape index (κ3) is 2.57. The highest BCUT2D eigenvalue weighted by Gasteiger charge is 2.00. The molecule has 0 aliphatic carbocycles. The van der Waals surface area contributed by atoms with Crippen LogP contribution in [0.1, 0.15) is 29.8 Å². The predicted molar refractivity (Wildman–Crippen MR) is 65.0 cm³/mol. The molecule has 3 heteroatoms. The summed E-state index contributed by atoms with van der Waals surface area (Å²) in [5.41, 5.74) is 2.59. The second kappa shape index (κ2) is 5.85. The van der Waals surface area contributed by atoms with Crippen molar-refractivity contribution in [2.75, 3.05) is 0 Å². The molecule has 0 aliphatic rings. The molecule has 0 aliphatic heterocycles. The number of rotatable bonds is 2. The van der Waals surface area contributed by atoms with Gasteiger partial charge in [0.15, 0.2) is 0 Å². The molecule has 2 aromatic rings. The fourth-order valence-electron chi connectivity index (χ4n) is 1.32. The standard InChI is InChI=1S/C11H10N2O.C2H6/c1-9-3-4-11(7-10(9)8-14)13-6-2-5-12-13;1-2/h2-8H,1H3;1-2H3. The smallest absolute Gasteiger partial charge is 0.150 e. The van der Waals surface area contributed by atoms with Crippen molar-refractivity contribution in [1.82, 2.24) is 9.78 Å². The van der Waals surface area contributed by atoms with Gasteiger partial charge < -0.3 is 0 Å². The molecule has 0 unspecified atom stereocenters. The maximum Gasteiger partial charge on any atom is 0.150 e. The quantitative estimate of drug-likeness (QED) is 0.723. The number of aromatic nitrogens is 2. The monoisotopic (exact) mass is 216 g/mol. The molecule has 0 saturated carbocycles. The molecular weight excluding hydrogens is 200 g/mol. The highest BCUT2D eigenvalue weighted by atomic mass is 16.1. The average Bonchev–Trinajstić information content (AvgIpc) is 2.86. The van der Waals surface area contributed by atoms with E-state index in [1.54, 1.807) is 10.9 Å². The average molecular weight is 216 g/mol. The van der Waals surface area contributed by atoms with E-state index in [9.17, 15) is 4.79 Å². The molecule has 1 aromatic heterocycles. The molecule has 1 aromatic carbocycles. The molecule has 0 saturated heterocycles. The van der Waals surface area contributed by atoms with Crippen LogP contribution in [0.2, 0.25) is 0 Å². The van der Waals surface area contributed by atoms with Gasteiger partial charge in [0.25, 0.3) is 0 Å². The molecule has 84 valence electrons. The Morgan fingerprint density at radius 1 is 1.31 bits per heavy atom. The number of aldehydes is 1. The van der Waals surface area contributed by atoms with Gasteiger partial charge >= 0.3 is 0 Å². The predicted octanol–water partition coefficient (Wildman–Crippen LogP) is 3.02. The van der Waals surface area contributed by atoms with Gasteiger partial charge in [0.2, 0.25) is 0 Å². The molecule has 0 atom stereocenters. The highest BCUT2D eigenvalue weighted by molar-refractivity contribution is 5.78. The van der Waals surface area contributed by atoms with Gasteiger partial charge in [-0.15, -0.1) is 0 Å². The summed E-state index contributed by atoms with van der Waals surface area (Å²) in [4.78, 5) is 10.7. The largest absolute Gasteiger partial charge is 0.298 e. The molecule has 3 nitrogen and oxygen atoms in total. The van der Waals surface area contributed by atoms with Crippen LogP contribution in [-0.4, -0.2) is 16.1 Å². The second-order valence-corrected chi connectivity index (χ2v) is 3.11. The third-order valence-corrected chi connectivity index (χ3v) is 2.16. The van der Waals surface area contributed by atoms with Crippen molar-refractivity contribution >= 4 is 6.29 Å². The number of aryl methyl sites for hydroxylation is 1. The lowest BCUT2D eigenvalue weighted by atomic mass is 10.1. The van der Waals surface area contributed by atoms with Crippen molar-refractivity contribution < 1.29 is 4.79 Å². The number of benzene rings is 1. The zero-order valence-corrected chi connectivity index (χ0v) is 9.84. The van der Waals surface area contributed by atoms with Gasteiger partial charge in [-0.3, -0.25) is 4.79 Å². The van der Waals surface area contributed by atoms with E-state index in [0.29, 0.717) is 5.56 Å². The summed E-state index contributed by atoms with van der Waals surface area (Å²) < 4.78 is 1.73. The van der Waals surface area contributed by atoms with E-state index < -0.39 is 0 Å². The maximum absolute atomic E-state index is 10.7. The van der Waals surface area contributed by atoms with Gasteiger partial charge in [-0.2, -0.15) is 5.10 Å². The Hall–Kier alpha value is -1.90. The van der Waals surface area contributed by atoms with E-state index in [1.807, 2.05) is 51.2 Å². The lowest BCUT2D eigenvalue weighted by molar-refractivity contribution is 0.112. The van der Waals surface area contributed by atoms with E-state index in [4.69, 9.17) is 0 Å². The molecule has 0 spiro atoms. The van der Waals surface area contributed by atoms with Gasteiger partial charge in [-0.1, -0.05) is 19.9 Å². The summed E-state index contributed by atoms with van der Waals surface area (Å²) in [5, 5.41) is 4.09. The van der Waals surface area contributed by atoms with Crippen LogP contribution in [0, 0.1) is 6.92 Å². The number of nitrogens with zero attached hydrogens (tertiary/aromatic N) is 2. The van der Waals surface area contributed by atoms with Gasteiger partial charge in [0.1, 0.15) is 6.29 Å². The van der Waals surface area contributed by atoms with Crippen molar-refractivity contribution in [2.45, 2.75) is 20.8 Å². The zero-order chi connectivity index (χ0) is 12.0. The summed E-state index contributed by atoms with van der Waals surface area (Å²) in [5.74, 6) is 0. The van der Waals surface area contributed by atoms with Crippen LogP contribution < -0.4 is 0 Å². The molecule has 0 radical (unpaired) electrons. The lowest BCUT2D eigenvalue weighted by Crippen LogP contribution is -1.96. The molecule has 1 heterocycles. The van der Waals surface area contributed by atoms with Crippen LogP contribution in [0.3, 0.4) is 0 Å². The number of hydrogen-bond donors (Lipinski definition) is 0. The van der Waals surface area contributed by atoms with Crippen LogP contribution in [0.15, 0.2) is 36.7 Å². The number of hydrogen-bond acceptors (Lipinski definition) is 2. The summed E-state index contributed by atoms with van der Waals surface area (Å²) in [6.45, 7) is 5.91. The fraction of sp³-hybridized carbons (Fsp3) is 0.231. The highest BCUT2D eigenvalue weighted by Crippen LogP contribution is 2.12. The first-order valence-electron chi connectivity index (χ1n) is 5.37. The van der Waals surface area contributed by atoms with E-state index in [1.165, 1.54) is 0 Å². The summed E-state index contributed by atoms with van der Waals surface area (Å²) in [6.07, 6.45) is 4.42. The normalized spacial score (nSPS) is 9.19. The minimum absolute atomic E-state index is 0.706. The van der Waals surface area contributed by atoms with Crippen molar-refractivity contribution in [3.8, 4) is 5.69 Å². The Balaban J connectivity index is 0.000000606.